The van der Waals surface area contributed by atoms with Crippen molar-refractivity contribution in [1.29, 1.82) is 0 Å². The van der Waals surface area contributed by atoms with E-state index in [1.165, 1.54) is 25.3 Å². The molecule has 2 aromatic rings. The van der Waals surface area contributed by atoms with Gasteiger partial charge < -0.3 is 20.2 Å². The van der Waals surface area contributed by atoms with E-state index in [2.05, 4.69) is 4.90 Å². The topological polar surface area (TPSA) is 63.9 Å². The Hall–Kier alpha value is -2.27. The number of phenolic OH excluding ortho intramolecular Hbond substituents is 3. The second kappa shape index (κ2) is 6.80. The van der Waals surface area contributed by atoms with Gasteiger partial charge in [0, 0.05) is 25.6 Å². The van der Waals surface area contributed by atoms with Gasteiger partial charge in [0.15, 0.2) is 17.3 Å². The number of nitrogens with zero attached hydrogens (tertiary/aromatic N) is 1. The van der Waals surface area contributed by atoms with Gasteiger partial charge in [-0.3, -0.25) is 0 Å². The molecule has 1 aliphatic carbocycles. The molecule has 4 rings (SSSR count). The second-order valence-corrected chi connectivity index (χ2v) is 7.58. The summed E-state index contributed by atoms with van der Waals surface area (Å²) >= 11 is 0. The van der Waals surface area contributed by atoms with Crippen molar-refractivity contribution in [3.8, 4) is 17.2 Å². The van der Waals surface area contributed by atoms with Crippen LogP contribution in [-0.4, -0.2) is 39.9 Å². The zero-order chi connectivity index (χ0) is 18.3. The Balaban J connectivity index is 1.74. The van der Waals surface area contributed by atoms with E-state index in [1.807, 2.05) is 12.1 Å². The van der Waals surface area contributed by atoms with Crippen LogP contribution in [0.3, 0.4) is 0 Å². The molecule has 3 N–H and O–H groups in total. The summed E-state index contributed by atoms with van der Waals surface area (Å²) in [6.07, 6.45) is 4.30. The molecule has 1 saturated carbocycles. The van der Waals surface area contributed by atoms with E-state index in [4.69, 9.17) is 0 Å². The Kier molecular flexibility index (Phi) is 4.49. The Morgan fingerprint density at radius 1 is 1.08 bits per heavy atom. The summed E-state index contributed by atoms with van der Waals surface area (Å²) in [5.41, 5.74) is 2.17. The number of rotatable bonds is 3. The predicted molar refractivity (Wildman–Crippen MR) is 97.2 cm³/mol. The summed E-state index contributed by atoms with van der Waals surface area (Å²) in [5.74, 6) is -1.02. The highest BCUT2D eigenvalue weighted by molar-refractivity contribution is 5.51. The molecule has 0 radical (unpaired) electrons. The van der Waals surface area contributed by atoms with Gasteiger partial charge in [0.1, 0.15) is 5.75 Å². The number of halogens is 1. The zero-order valence-corrected chi connectivity index (χ0v) is 14.7. The van der Waals surface area contributed by atoms with Crippen molar-refractivity contribution < 1.29 is 19.7 Å². The van der Waals surface area contributed by atoms with Gasteiger partial charge in [-0.25, -0.2) is 4.39 Å². The summed E-state index contributed by atoms with van der Waals surface area (Å²) in [4.78, 5) is 2.37. The number of hydrogen-bond donors (Lipinski definition) is 3. The van der Waals surface area contributed by atoms with E-state index in [-0.39, 0.29) is 11.7 Å². The molecule has 0 spiro atoms. The molecule has 5 heteroatoms. The average molecular weight is 357 g/mol. The van der Waals surface area contributed by atoms with Crippen molar-refractivity contribution in [2.45, 2.75) is 31.6 Å². The Labute approximate surface area is 152 Å². The SMILES string of the molecule is Oc1ccc(C2CN(CC3CCC3)CCc3c2cc(O)c(O)c3F)cc1. The lowest BCUT2D eigenvalue weighted by Gasteiger charge is -2.33. The predicted octanol–water partition coefficient (Wildman–Crippen LogP) is 3.73. The molecule has 26 heavy (non-hydrogen) atoms. The molecular weight excluding hydrogens is 333 g/mol. The molecule has 2 aromatic carbocycles. The molecule has 0 amide bonds. The third kappa shape index (κ3) is 3.12. The fourth-order valence-electron chi connectivity index (χ4n) is 4.17. The van der Waals surface area contributed by atoms with E-state index in [9.17, 15) is 19.7 Å². The molecule has 1 heterocycles. The summed E-state index contributed by atoms with van der Waals surface area (Å²) < 4.78 is 14.7. The summed E-state index contributed by atoms with van der Waals surface area (Å²) in [6, 6.07) is 8.45. The molecule has 2 aliphatic rings. The van der Waals surface area contributed by atoms with Gasteiger partial charge in [0.05, 0.1) is 0 Å². The first-order valence-electron chi connectivity index (χ1n) is 9.27. The molecule has 1 fully saturated rings. The van der Waals surface area contributed by atoms with Crippen LogP contribution in [0.1, 0.15) is 41.9 Å². The first-order chi connectivity index (χ1) is 12.5. The average Bonchev–Trinajstić information content (AvgIpc) is 2.77. The molecule has 1 aliphatic heterocycles. The lowest BCUT2D eigenvalue weighted by atomic mass is 9.84. The summed E-state index contributed by atoms with van der Waals surface area (Å²) in [6.45, 7) is 2.47. The minimum Gasteiger partial charge on any atom is -0.508 e. The maximum Gasteiger partial charge on any atom is 0.194 e. The molecule has 0 saturated heterocycles. The normalized spacial score (nSPS) is 21.0. The Morgan fingerprint density at radius 2 is 1.81 bits per heavy atom. The molecule has 4 nitrogen and oxygen atoms in total. The highest BCUT2D eigenvalue weighted by Crippen LogP contribution is 2.41. The van der Waals surface area contributed by atoms with E-state index >= 15 is 0 Å². The quantitative estimate of drug-likeness (QED) is 0.733. The third-order valence-corrected chi connectivity index (χ3v) is 5.89. The van der Waals surface area contributed by atoms with Gasteiger partial charge in [-0.1, -0.05) is 18.6 Å². The van der Waals surface area contributed by atoms with E-state index < -0.39 is 17.3 Å². The minimum absolute atomic E-state index is 0.117. The summed E-state index contributed by atoms with van der Waals surface area (Å²) in [7, 11) is 0. The fraction of sp³-hybridized carbons (Fsp3) is 0.429. The Bertz CT molecular complexity index is 802. The smallest absolute Gasteiger partial charge is 0.194 e. The number of aromatic hydroxyl groups is 3. The van der Waals surface area contributed by atoms with Crippen molar-refractivity contribution in [2.75, 3.05) is 19.6 Å². The van der Waals surface area contributed by atoms with Gasteiger partial charge in [-0.05, 0) is 60.1 Å². The van der Waals surface area contributed by atoms with Crippen molar-refractivity contribution in [2.24, 2.45) is 5.92 Å². The van der Waals surface area contributed by atoms with Crippen LogP contribution < -0.4 is 0 Å². The van der Waals surface area contributed by atoms with E-state index in [0.29, 0.717) is 17.9 Å². The maximum atomic E-state index is 14.7. The van der Waals surface area contributed by atoms with Crippen LogP contribution in [0.5, 0.6) is 17.2 Å². The van der Waals surface area contributed by atoms with Gasteiger partial charge in [-0.2, -0.15) is 0 Å². The third-order valence-electron chi connectivity index (χ3n) is 5.89. The molecule has 0 aromatic heterocycles. The number of benzene rings is 2. The zero-order valence-electron chi connectivity index (χ0n) is 14.7. The maximum absolute atomic E-state index is 14.7. The molecule has 1 atom stereocenters. The number of fused-ring (bicyclic) bond motifs is 1. The molecule has 1 unspecified atom stereocenters. The van der Waals surface area contributed by atoms with Gasteiger partial charge in [-0.15, -0.1) is 0 Å². The van der Waals surface area contributed by atoms with Crippen LogP contribution in [-0.2, 0) is 6.42 Å². The molecule has 0 bridgehead atoms. The highest BCUT2D eigenvalue weighted by atomic mass is 19.1. The number of hydrogen-bond acceptors (Lipinski definition) is 4. The minimum atomic E-state index is -0.714. The van der Waals surface area contributed by atoms with Crippen LogP contribution in [0.4, 0.5) is 4.39 Å². The number of phenols is 3. The highest BCUT2D eigenvalue weighted by Gasteiger charge is 2.31. The first-order valence-corrected chi connectivity index (χ1v) is 9.27. The van der Waals surface area contributed by atoms with Crippen molar-refractivity contribution in [3.63, 3.8) is 0 Å². The van der Waals surface area contributed by atoms with Crippen LogP contribution in [0, 0.1) is 11.7 Å². The van der Waals surface area contributed by atoms with Crippen molar-refractivity contribution in [3.05, 3.63) is 52.8 Å². The molecular formula is C21H24FNO3. The lowest BCUT2D eigenvalue weighted by Crippen LogP contribution is -2.35. The van der Waals surface area contributed by atoms with Crippen molar-refractivity contribution in [1.82, 2.24) is 4.90 Å². The first kappa shape index (κ1) is 17.2. The van der Waals surface area contributed by atoms with Gasteiger partial charge >= 0.3 is 0 Å². The Morgan fingerprint density at radius 3 is 2.46 bits per heavy atom. The van der Waals surface area contributed by atoms with Gasteiger partial charge in [0.2, 0.25) is 0 Å². The molecule has 138 valence electrons. The van der Waals surface area contributed by atoms with Crippen LogP contribution in [0.25, 0.3) is 0 Å². The summed E-state index contributed by atoms with van der Waals surface area (Å²) in [5, 5.41) is 29.4. The lowest BCUT2D eigenvalue weighted by molar-refractivity contribution is 0.178. The largest absolute Gasteiger partial charge is 0.508 e. The second-order valence-electron chi connectivity index (χ2n) is 7.58. The van der Waals surface area contributed by atoms with Crippen molar-refractivity contribution >= 4 is 0 Å². The fourth-order valence-corrected chi connectivity index (χ4v) is 4.17. The van der Waals surface area contributed by atoms with E-state index in [0.717, 1.165) is 30.8 Å². The van der Waals surface area contributed by atoms with E-state index in [1.54, 1.807) is 12.1 Å². The van der Waals surface area contributed by atoms with Crippen LogP contribution in [0.2, 0.25) is 0 Å². The van der Waals surface area contributed by atoms with Gasteiger partial charge in [0.25, 0.3) is 0 Å². The van der Waals surface area contributed by atoms with Crippen LogP contribution in [0.15, 0.2) is 30.3 Å². The monoisotopic (exact) mass is 357 g/mol. The standard InChI is InChI=1S/C21H24FNO3/c22-20-16-8-9-23(11-13-2-1-3-13)12-18(14-4-6-15(24)7-5-14)17(16)10-19(25)21(20)26/h4-7,10,13,18,24-26H,1-3,8-9,11-12H2. The van der Waals surface area contributed by atoms with Crippen LogP contribution >= 0.6 is 0 Å².